The Balaban J connectivity index is 1.42. The van der Waals surface area contributed by atoms with Gasteiger partial charge in [-0.2, -0.15) is 0 Å². The number of hydrogen-bond acceptors (Lipinski definition) is 4. The van der Waals surface area contributed by atoms with Crippen LogP contribution in [0, 0.1) is 13.8 Å². The quantitative estimate of drug-likeness (QED) is 0.267. The second-order valence-electron chi connectivity index (χ2n) is 7.14. The van der Waals surface area contributed by atoms with Gasteiger partial charge >= 0.3 is 5.97 Å². The van der Waals surface area contributed by atoms with Gasteiger partial charge in [0, 0.05) is 22.7 Å². The topological polar surface area (TPSA) is 64.6 Å². The summed E-state index contributed by atoms with van der Waals surface area (Å²) in [7, 11) is 0. The van der Waals surface area contributed by atoms with Gasteiger partial charge in [-0.05, 0) is 79.9 Å². The number of esters is 1. The molecule has 0 atom stereocenters. The number of ether oxygens (including phenoxy) is 2. The molecule has 0 aliphatic heterocycles. The lowest BCUT2D eigenvalue weighted by atomic mass is 10.1. The average molecular weight is 438 g/mol. The number of rotatable bonds is 8. The lowest BCUT2D eigenvalue weighted by Crippen LogP contribution is -2.12. The van der Waals surface area contributed by atoms with Gasteiger partial charge in [-0.15, -0.1) is 0 Å². The van der Waals surface area contributed by atoms with E-state index >= 15 is 0 Å². The summed E-state index contributed by atoms with van der Waals surface area (Å²) in [5, 5.41) is 3.54. The van der Waals surface area contributed by atoms with E-state index in [9.17, 15) is 9.59 Å². The maximum Gasteiger partial charge on any atom is 0.311 e. The van der Waals surface area contributed by atoms with Gasteiger partial charge in [-0.3, -0.25) is 9.59 Å². The summed E-state index contributed by atoms with van der Waals surface area (Å²) in [5.74, 6) is 0.547. The van der Waals surface area contributed by atoms with Crippen molar-refractivity contribution in [2.24, 2.45) is 0 Å². The SMILES string of the molecule is Cc1cc(OCCCC(=O)Oc2ccc(C(=O)Nc3ccccc3)cc2)cc(C)c1Cl. The van der Waals surface area contributed by atoms with E-state index in [1.54, 1.807) is 24.3 Å². The molecule has 3 rings (SSSR count). The Bertz CT molecular complexity index is 1030. The van der Waals surface area contributed by atoms with Crippen LogP contribution in [0.15, 0.2) is 66.7 Å². The van der Waals surface area contributed by atoms with Crippen molar-refractivity contribution in [2.45, 2.75) is 26.7 Å². The van der Waals surface area contributed by atoms with E-state index in [4.69, 9.17) is 21.1 Å². The molecule has 0 aromatic heterocycles. The van der Waals surface area contributed by atoms with Crippen LogP contribution in [0.5, 0.6) is 11.5 Å². The van der Waals surface area contributed by atoms with Gasteiger partial charge in [-0.25, -0.2) is 0 Å². The third kappa shape index (κ3) is 6.59. The first-order valence-corrected chi connectivity index (χ1v) is 10.4. The van der Waals surface area contributed by atoms with E-state index in [-0.39, 0.29) is 18.3 Å². The van der Waals surface area contributed by atoms with E-state index < -0.39 is 0 Å². The Kier molecular flexibility index (Phi) is 7.68. The lowest BCUT2D eigenvalue weighted by molar-refractivity contribution is -0.134. The van der Waals surface area contributed by atoms with Crippen LogP contribution in [-0.4, -0.2) is 18.5 Å². The Hall–Kier alpha value is -3.31. The molecule has 0 fully saturated rings. The number of para-hydroxylation sites is 1. The van der Waals surface area contributed by atoms with Crippen LogP contribution in [0.4, 0.5) is 5.69 Å². The Morgan fingerprint density at radius 2 is 1.55 bits per heavy atom. The number of anilines is 1. The molecule has 5 nitrogen and oxygen atoms in total. The predicted molar refractivity (Wildman–Crippen MR) is 122 cm³/mol. The van der Waals surface area contributed by atoms with Gasteiger partial charge < -0.3 is 14.8 Å². The second kappa shape index (κ2) is 10.6. The second-order valence-corrected chi connectivity index (χ2v) is 7.52. The number of carbonyl (C=O) groups is 2. The number of benzene rings is 3. The van der Waals surface area contributed by atoms with Crippen LogP contribution < -0.4 is 14.8 Å². The molecule has 0 unspecified atom stereocenters. The van der Waals surface area contributed by atoms with Crippen LogP contribution in [0.1, 0.15) is 34.3 Å². The molecule has 6 heteroatoms. The van der Waals surface area contributed by atoms with E-state index in [1.807, 2.05) is 56.3 Å². The van der Waals surface area contributed by atoms with E-state index in [1.165, 1.54) is 0 Å². The third-order valence-electron chi connectivity index (χ3n) is 4.58. The van der Waals surface area contributed by atoms with E-state index in [0.29, 0.717) is 30.0 Å². The maximum absolute atomic E-state index is 12.3. The van der Waals surface area contributed by atoms with Crippen LogP contribution in [0.25, 0.3) is 0 Å². The molecule has 0 saturated heterocycles. The minimum absolute atomic E-state index is 0.224. The summed E-state index contributed by atoms with van der Waals surface area (Å²) in [5.41, 5.74) is 3.11. The van der Waals surface area contributed by atoms with Crippen molar-refractivity contribution < 1.29 is 19.1 Å². The lowest BCUT2D eigenvalue weighted by Gasteiger charge is -2.10. The molecule has 3 aromatic carbocycles. The molecule has 1 N–H and O–H groups in total. The van der Waals surface area contributed by atoms with Crippen molar-refractivity contribution in [1.82, 2.24) is 0 Å². The van der Waals surface area contributed by atoms with Crippen molar-refractivity contribution in [2.75, 3.05) is 11.9 Å². The van der Waals surface area contributed by atoms with Crippen molar-refractivity contribution in [3.8, 4) is 11.5 Å². The summed E-state index contributed by atoms with van der Waals surface area (Å²) >= 11 is 6.15. The first-order valence-electron chi connectivity index (χ1n) is 9.99. The van der Waals surface area contributed by atoms with Crippen molar-refractivity contribution in [3.63, 3.8) is 0 Å². The van der Waals surface area contributed by atoms with Gasteiger partial charge in [0.25, 0.3) is 5.91 Å². The molecular formula is C25H24ClNO4. The monoisotopic (exact) mass is 437 g/mol. The van der Waals surface area contributed by atoms with Gasteiger partial charge in [0.1, 0.15) is 11.5 Å². The summed E-state index contributed by atoms with van der Waals surface area (Å²) in [6, 6.07) is 19.4. The highest BCUT2D eigenvalue weighted by molar-refractivity contribution is 6.32. The first-order chi connectivity index (χ1) is 14.9. The van der Waals surface area contributed by atoms with Crippen molar-refractivity contribution >= 4 is 29.2 Å². The molecule has 0 bridgehead atoms. The largest absolute Gasteiger partial charge is 0.494 e. The van der Waals surface area contributed by atoms with E-state index in [2.05, 4.69) is 5.32 Å². The predicted octanol–water partition coefficient (Wildman–Crippen LogP) is 5.97. The highest BCUT2D eigenvalue weighted by atomic mass is 35.5. The molecule has 1 amide bonds. The minimum atomic E-state index is -0.353. The molecular weight excluding hydrogens is 414 g/mol. The molecule has 0 aliphatic carbocycles. The highest BCUT2D eigenvalue weighted by Gasteiger charge is 2.09. The minimum Gasteiger partial charge on any atom is -0.494 e. The van der Waals surface area contributed by atoms with Crippen molar-refractivity contribution in [3.05, 3.63) is 88.4 Å². The number of halogens is 1. The summed E-state index contributed by atoms with van der Waals surface area (Å²) < 4.78 is 11.0. The zero-order chi connectivity index (χ0) is 22.2. The zero-order valence-corrected chi connectivity index (χ0v) is 18.2. The fourth-order valence-electron chi connectivity index (χ4n) is 2.98. The van der Waals surface area contributed by atoms with Crippen LogP contribution >= 0.6 is 11.6 Å². The molecule has 3 aromatic rings. The average Bonchev–Trinajstić information content (AvgIpc) is 2.76. The van der Waals surface area contributed by atoms with Gasteiger partial charge in [0.15, 0.2) is 0 Å². The molecule has 0 saturated carbocycles. The zero-order valence-electron chi connectivity index (χ0n) is 17.5. The standard InChI is InChI=1S/C25H24ClNO4/c1-17-15-22(16-18(2)24(17)26)30-14-6-9-23(28)31-21-12-10-19(11-13-21)25(29)27-20-7-4-3-5-8-20/h3-5,7-8,10-13,15-16H,6,9,14H2,1-2H3,(H,27,29). The highest BCUT2D eigenvalue weighted by Crippen LogP contribution is 2.26. The molecule has 160 valence electrons. The number of hydrogen-bond donors (Lipinski definition) is 1. The van der Waals surface area contributed by atoms with Crippen molar-refractivity contribution in [1.29, 1.82) is 0 Å². The normalized spacial score (nSPS) is 10.4. The van der Waals surface area contributed by atoms with Crippen LogP contribution in [-0.2, 0) is 4.79 Å². The van der Waals surface area contributed by atoms with Gasteiger partial charge in [0.05, 0.1) is 6.61 Å². The number of nitrogens with one attached hydrogen (secondary N) is 1. The first kappa shape index (κ1) is 22.4. The van der Waals surface area contributed by atoms with Crippen LogP contribution in [0.2, 0.25) is 5.02 Å². The van der Waals surface area contributed by atoms with E-state index in [0.717, 1.165) is 21.9 Å². The fraction of sp³-hybridized carbons (Fsp3) is 0.200. The molecule has 0 aliphatic rings. The van der Waals surface area contributed by atoms with Crippen LogP contribution in [0.3, 0.4) is 0 Å². The molecule has 0 heterocycles. The third-order valence-corrected chi connectivity index (χ3v) is 5.18. The molecule has 31 heavy (non-hydrogen) atoms. The maximum atomic E-state index is 12.3. The van der Waals surface area contributed by atoms with Gasteiger partial charge in [0.2, 0.25) is 0 Å². The van der Waals surface area contributed by atoms with Gasteiger partial charge in [-0.1, -0.05) is 29.8 Å². The number of aryl methyl sites for hydroxylation is 2. The Labute approximate surface area is 187 Å². The summed E-state index contributed by atoms with van der Waals surface area (Å²) in [6.45, 7) is 4.25. The number of amides is 1. The fourth-order valence-corrected chi connectivity index (χ4v) is 3.09. The summed E-state index contributed by atoms with van der Waals surface area (Å²) in [4.78, 5) is 24.3. The Morgan fingerprint density at radius 1 is 0.903 bits per heavy atom. The molecule has 0 radical (unpaired) electrons. The Morgan fingerprint density at radius 3 is 2.19 bits per heavy atom. The number of carbonyl (C=O) groups excluding carboxylic acids is 2. The smallest absolute Gasteiger partial charge is 0.311 e. The molecule has 0 spiro atoms. The summed E-state index contributed by atoms with van der Waals surface area (Å²) in [6.07, 6.45) is 0.749.